The van der Waals surface area contributed by atoms with E-state index in [2.05, 4.69) is 20.8 Å². The van der Waals surface area contributed by atoms with E-state index < -0.39 is 5.82 Å². The van der Waals surface area contributed by atoms with Crippen LogP contribution in [-0.4, -0.2) is 33.2 Å². The van der Waals surface area contributed by atoms with Crippen molar-refractivity contribution in [2.75, 3.05) is 12.4 Å². The van der Waals surface area contributed by atoms with E-state index in [-0.39, 0.29) is 18.1 Å². The van der Waals surface area contributed by atoms with E-state index in [1.54, 1.807) is 36.0 Å². The van der Waals surface area contributed by atoms with Gasteiger partial charge in [0, 0.05) is 24.7 Å². The molecule has 3 rings (SSSR count). The second kappa shape index (κ2) is 7.73. The van der Waals surface area contributed by atoms with Gasteiger partial charge < -0.3 is 10.1 Å². The van der Waals surface area contributed by atoms with Crippen molar-refractivity contribution in [1.82, 2.24) is 20.2 Å². The highest BCUT2D eigenvalue weighted by atomic mass is 19.1. The number of carbonyl (C=O) groups is 1. The zero-order chi connectivity index (χ0) is 18.5. The maximum Gasteiger partial charge on any atom is 0.224 e. The van der Waals surface area contributed by atoms with Crippen molar-refractivity contribution < 1.29 is 13.9 Å². The molecule has 2 aromatic carbocycles. The molecule has 0 saturated carbocycles. The Kier molecular flexibility index (Phi) is 5.21. The number of hydrogen-bond acceptors (Lipinski definition) is 5. The molecule has 0 aliphatic carbocycles. The second-order valence-electron chi connectivity index (χ2n) is 5.72. The Labute approximate surface area is 149 Å². The topological polar surface area (TPSA) is 81.9 Å². The lowest BCUT2D eigenvalue weighted by Crippen LogP contribution is -2.12. The maximum absolute atomic E-state index is 13.7. The Bertz CT molecular complexity index is 925. The van der Waals surface area contributed by atoms with Crippen LogP contribution in [0.5, 0.6) is 5.75 Å². The number of nitrogens with zero attached hydrogens (tertiary/aromatic N) is 4. The average molecular weight is 355 g/mol. The lowest BCUT2D eigenvalue weighted by atomic mass is 10.1. The molecule has 26 heavy (non-hydrogen) atoms. The number of rotatable bonds is 6. The molecule has 1 aromatic heterocycles. The van der Waals surface area contributed by atoms with E-state index in [0.29, 0.717) is 17.9 Å². The summed E-state index contributed by atoms with van der Waals surface area (Å²) in [6, 6.07) is 12.0. The van der Waals surface area contributed by atoms with Crippen molar-refractivity contribution in [2.24, 2.45) is 7.05 Å². The summed E-state index contributed by atoms with van der Waals surface area (Å²) in [5.41, 5.74) is 2.18. The number of benzene rings is 2. The van der Waals surface area contributed by atoms with Crippen molar-refractivity contribution in [3.8, 4) is 17.1 Å². The van der Waals surface area contributed by atoms with Gasteiger partial charge in [0.25, 0.3) is 0 Å². The highest BCUT2D eigenvalue weighted by molar-refractivity contribution is 5.91. The maximum atomic E-state index is 13.7. The Morgan fingerprint density at radius 2 is 2.12 bits per heavy atom. The third-order valence-electron chi connectivity index (χ3n) is 3.88. The molecule has 0 spiro atoms. The molecule has 0 unspecified atom stereocenters. The van der Waals surface area contributed by atoms with Crippen LogP contribution in [0, 0.1) is 5.82 Å². The quantitative estimate of drug-likeness (QED) is 0.735. The molecular formula is C18H18FN5O2. The monoisotopic (exact) mass is 355 g/mol. The van der Waals surface area contributed by atoms with E-state index in [4.69, 9.17) is 4.74 Å². The lowest BCUT2D eigenvalue weighted by molar-refractivity contribution is -0.116. The lowest BCUT2D eigenvalue weighted by Gasteiger charge is -2.08. The molecule has 1 heterocycles. The number of tetrazole rings is 1. The summed E-state index contributed by atoms with van der Waals surface area (Å²) in [4.78, 5) is 12.2. The highest BCUT2D eigenvalue weighted by Gasteiger charge is 2.09. The molecule has 7 nitrogen and oxygen atoms in total. The van der Waals surface area contributed by atoms with Gasteiger partial charge in [0.05, 0.1) is 7.11 Å². The standard InChI is InChI=1S/C18H18FN5O2/c1-24-18(21-22-23-24)13-4-3-5-14(11-13)20-17(25)9-7-12-6-8-16(26-2)15(19)10-12/h3-6,8,10-11H,7,9H2,1-2H3,(H,20,25). The van der Waals surface area contributed by atoms with Gasteiger partial charge in [0.15, 0.2) is 17.4 Å². The first-order valence-corrected chi connectivity index (χ1v) is 8.02. The summed E-state index contributed by atoms with van der Waals surface area (Å²) in [5, 5.41) is 14.2. The van der Waals surface area contributed by atoms with E-state index >= 15 is 0 Å². The molecule has 0 aliphatic heterocycles. The number of hydrogen-bond donors (Lipinski definition) is 1. The van der Waals surface area contributed by atoms with Crippen LogP contribution < -0.4 is 10.1 Å². The smallest absolute Gasteiger partial charge is 0.224 e. The SMILES string of the molecule is COc1ccc(CCC(=O)Nc2cccc(-c3nnnn3C)c2)cc1F. The van der Waals surface area contributed by atoms with Crippen LogP contribution in [0.3, 0.4) is 0 Å². The highest BCUT2D eigenvalue weighted by Crippen LogP contribution is 2.21. The molecular weight excluding hydrogens is 337 g/mol. The van der Waals surface area contributed by atoms with Crippen molar-refractivity contribution in [3.63, 3.8) is 0 Å². The predicted octanol–water partition coefficient (Wildman–Crippen LogP) is 2.60. The molecule has 8 heteroatoms. The van der Waals surface area contributed by atoms with Crippen LogP contribution in [0.1, 0.15) is 12.0 Å². The molecule has 134 valence electrons. The van der Waals surface area contributed by atoms with Gasteiger partial charge in [-0.2, -0.15) is 0 Å². The molecule has 0 radical (unpaired) electrons. The van der Waals surface area contributed by atoms with Crippen LogP contribution >= 0.6 is 0 Å². The molecule has 1 amide bonds. The van der Waals surface area contributed by atoms with E-state index in [9.17, 15) is 9.18 Å². The van der Waals surface area contributed by atoms with E-state index in [1.807, 2.05) is 12.1 Å². The molecule has 1 N–H and O–H groups in total. The fraction of sp³-hybridized carbons (Fsp3) is 0.222. The minimum Gasteiger partial charge on any atom is -0.494 e. The zero-order valence-corrected chi connectivity index (χ0v) is 14.4. The van der Waals surface area contributed by atoms with Crippen molar-refractivity contribution in [1.29, 1.82) is 0 Å². The molecule has 0 bridgehead atoms. The number of carbonyl (C=O) groups excluding carboxylic acids is 1. The predicted molar refractivity (Wildman–Crippen MR) is 94.1 cm³/mol. The van der Waals surface area contributed by atoms with Crippen LogP contribution in [0.15, 0.2) is 42.5 Å². The minimum atomic E-state index is -0.435. The number of aromatic nitrogens is 4. The van der Waals surface area contributed by atoms with Crippen LogP contribution in [-0.2, 0) is 18.3 Å². The van der Waals surface area contributed by atoms with Crippen molar-refractivity contribution >= 4 is 11.6 Å². The Balaban J connectivity index is 1.62. The molecule has 3 aromatic rings. The van der Waals surface area contributed by atoms with Crippen molar-refractivity contribution in [3.05, 3.63) is 53.8 Å². The third-order valence-corrected chi connectivity index (χ3v) is 3.88. The fourth-order valence-electron chi connectivity index (χ4n) is 2.56. The molecule has 0 atom stereocenters. The summed E-state index contributed by atoms with van der Waals surface area (Å²) < 4.78 is 20.1. The number of halogens is 1. The van der Waals surface area contributed by atoms with E-state index in [0.717, 1.165) is 11.1 Å². The largest absolute Gasteiger partial charge is 0.494 e. The zero-order valence-electron chi connectivity index (χ0n) is 14.4. The first kappa shape index (κ1) is 17.5. The number of aryl methyl sites for hydroxylation is 2. The fourth-order valence-corrected chi connectivity index (χ4v) is 2.56. The molecule has 0 fully saturated rings. The third kappa shape index (κ3) is 4.02. The van der Waals surface area contributed by atoms with E-state index in [1.165, 1.54) is 13.2 Å². The number of ether oxygens (including phenoxy) is 1. The van der Waals surface area contributed by atoms with Gasteiger partial charge in [-0.25, -0.2) is 9.07 Å². The Morgan fingerprint density at radius 1 is 1.27 bits per heavy atom. The summed E-state index contributed by atoms with van der Waals surface area (Å²) in [6.45, 7) is 0. The average Bonchev–Trinajstić information content (AvgIpc) is 3.06. The number of nitrogens with one attached hydrogen (secondary N) is 1. The van der Waals surface area contributed by atoms with Gasteiger partial charge in [-0.05, 0) is 46.7 Å². The summed E-state index contributed by atoms with van der Waals surface area (Å²) in [7, 11) is 3.16. The van der Waals surface area contributed by atoms with Gasteiger partial charge in [-0.15, -0.1) is 5.10 Å². The van der Waals surface area contributed by atoms with Gasteiger partial charge in [-0.1, -0.05) is 18.2 Å². The van der Waals surface area contributed by atoms with Gasteiger partial charge >= 0.3 is 0 Å². The van der Waals surface area contributed by atoms with Gasteiger partial charge in [0.2, 0.25) is 5.91 Å². The number of amides is 1. The summed E-state index contributed by atoms with van der Waals surface area (Å²) in [5.74, 6) is 0.202. The molecule has 0 aliphatic rings. The summed E-state index contributed by atoms with van der Waals surface area (Å²) in [6.07, 6.45) is 0.668. The minimum absolute atomic E-state index is 0.158. The molecule has 0 saturated heterocycles. The van der Waals surface area contributed by atoms with Crippen molar-refractivity contribution in [2.45, 2.75) is 12.8 Å². The number of anilines is 1. The normalized spacial score (nSPS) is 10.6. The Morgan fingerprint density at radius 3 is 2.81 bits per heavy atom. The van der Waals surface area contributed by atoms with Crippen LogP contribution in [0.4, 0.5) is 10.1 Å². The van der Waals surface area contributed by atoms with Crippen LogP contribution in [0.2, 0.25) is 0 Å². The summed E-state index contributed by atoms with van der Waals surface area (Å²) >= 11 is 0. The first-order valence-electron chi connectivity index (χ1n) is 8.02. The van der Waals surface area contributed by atoms with Crippen LogP contribution in [0.25, 0.3) is 11.4 Å². The van der Waals surface area contributed by atoms with Gasteiger partial charge in [-0.3, -0.25) is 4.79 Å². The first-order chi connectivity index (χ1) is 12.6. The van der Waals surface area contributed by atoms with Gasteiger partial charge in [0.1, 0.15) is 0 Å². The second-order valence-corrected chi connectivity index (χ2v) is 5.72. The Hall–Kier alpha value is -3.29. The number of methoxy groups -OCH3 is 1.